The molecule has 17 unspecified atom stereocenters. The van der Waals surface area contributed by atoms with Crippen molar-refractivity contribution in [1.29, 1.82) is 0 Å². The van der Waals surface area contributed by atoms with Crippen LogP contribution in [0.3, 0.4) is 0 Å². The summed E-state index contributed by atoms with van der Waals surface area (Å²) in [6.07, 6.45) is 35.0. The van der Waals surface area contributed by atoms with Crippen LogP contribution in [0.4, 0.5) is 0 Å². The highest BCUT2D eigenvalue weighted by atomic mass is 16.8. The SMILES string of the molecule is CCCCCCC/C=C\C/C=C\CCCCCCCCCCCCCCCCCCCCCCCCCCCC(=O)NC(COC1OC(CO)C(OC2OC(CO)C(OC3OC(CO)C(O)C(O)C3O)C(O)C2O)C(O)C1O)C(O)/C=C/CCCCCCC. The van der Waals surface area contributed by atoms with Gasteiger partial charge in [0.1, 0.15) is 73.2 Å². The zero-order valence-electron chi connectivity index (χ0n) is 55.2. The van der Waals surface area contributed by atoms with Gasteiger partial charge >= 0.3 is 0 Å². The van der Waals surface area contributed by atoms with Gasteiger partial charge in [-0.25, -0.2) is 0 Å². The van der Waals surface area contributed by atoms with Crippen LogP contribution < -0.4 is 5.32 Å². The molecule has 522 valence electrons. The van der Waals surface area contributed by atoms with Crippen molar-refractivity contribution in [3.63, 3.8) is 0 Å². The number of nitrogens with one attached hydrogen (secondary N) is 1. The molecule has 19 nitrogen and oxygen atoms in total. The predicted molar refractivity (Wildman–Crippen MR) is 346 cm³/mol. The van der Waals surface area contributed by atoms with E-state index in [-0.39, 0.29) is 18.9 Å². The first kappa shape index (κ1) is 81.2. The van der Waals surface area contributed by atoms with E-state index >= 15 is 0 Å². The number of rotatable bonds is 55. The molecule has 3 saturated heterocycles. The van der Waals surface area contributed by atoms with Gasteiger partial charge in [-0.3, -0.25) is 4.79 Å². The molecule has 3 fully saturated rings. The van der Waals surface area contributed by atoms with Crippen LogP contribution >= 0.6 is 0 Å². The fraction of sp³-hybridized carbons (Fsp3) is 0.900. The number of allylic oxidation sites excluding steroid dienone is 5. The number of unbranched alkanes of at least 4 members (excludes halogenated alkanes) is 35. The Morgan fingerprint density at radius 2 is 0.742 bits per heavy atom. The van der Waals surface area contributed by atoms with Crippen molar-refractivity contribution >= 4 is 5.91 Å². The number of carbonyl (C=O) groups is 1. The van der Waals surface area contributed by atoms with Crippen molar-refractivity contribution in [2.75, 3.05) is 26.4 Å². The molecule has 3 aliphatic heterocycles. The zero-order chi connectivity index (χ0) is 64.7. The molecule has 0 radical (unpaired) electrons. The van der Waals surface area contributed by atoms with Crippen molar-refractivity contribution in [2.24, 2.45) is 0 Å². The number of ether oxygens (including phenoxy) is 6. The normalized spacial score (nSPS) is 28.4. The summed E-state index contributed by atoms with van der Waals surface area (Å²) >= 11 is 0. The molecule has 0 aromatic heterocycles. The number of hydrogen-bond acceptors (Lipinski definition) is 18. The summed E-state index contributed by atoms with van der Waals surface area (Å²) < 4.78 is 34.2. The molecule has 0 aliphatic carbocycles. The monoisotopic (exact) mass is 1270 g/mol. The molecule has 3 rings (SSSR count). The minimum atomic E-state index is -1.98. The number of amides is 1. The Balaban J connectivity index is 1.25. The van der Waals surface area contributed by atoms with Crippen LogP contribution in [0, 0.1) is 0 Å². The number of aliphatic hydroxyl groups excluding tert-OH is 11. The second-order valence-electron chi connectivity index (χ2n) is 25.7. The third-order valence-electron chi connectivity index (χ3n) is 17.9. The molecule has 12 N–H and O–H groups in total. The van der Waals surface area contributed by atoms with E-state index in [1.54, 1.807) is 6.08 Å². The molecule has 0 spiro atoms. The third-order valence-corrected chi connectivity index (χ3v) is 17.9. The maximum Gasteiger partial charge on any atom is 0.220 e. The van der Waals surface area contributed by atoms with Gasteiger partial charge < -0.3 is 89.9 Å². The van der Waals surface area contributed by atoms with Crippen LogP contribution in [0.1, 0.15) is 271 Å². The molecule has 0 aromatic carbocycles. The average molecular weight is 1270 g/mol. The first-order valence-electron chi connectivity index (χ1n) is 35.7. The van der Waals surface area contributed by atoms with Gasteiger partial charge in [0, 0.05) is 6.42 Å². The van der Waals surface area contributed by atoms with Crippen LogP contribution in [0.5, 0.6) is 0 Å². The maximum atomic E-state index is 13.3. The Kier molecular flexibility index (Phi) is 47.7. The minimum Gasteiger partial charge on any atom is -0.394 e. The standard InChI is InChI=1S/C70H129NO18/c1-3-5-7-9-11-12-13-14-15-16-17-18-19-20-21-22-23-24-25-26-27-28-29-30-31-32-33-34-35-36-37-38-39-40-42-44-46-48-58(76)71-53(54(75)47-45-43-41-10-8-6-4-2)52-84-68-64(82)61(79)66(56(50-73)86-68)89-70-65(83)62(80)67(57(51-74)87-70)88-69-63(81)60(78)59(77)55(49-72)85-69/h13-14,16-17,45,47,53-57,59-70,72-75,77-83H,3-12,15,18-44,46,48-52H2,1-2H3,(H,71,76)/b14-13-,17-16-,47-45+. The maximum absolute atomic E-state index is 13.3. The number of hydrogen-bond donors (Lipinski definition) is 12. The van der Waals surface area contributed by atoms with Crippen molar-refractivity contribution < 1.29 is 89.4 Å². The highest BCUT2D eigenvalue weighted by Crippen LogP contribution is 2.33. The zero-order valence-corrected chi connectivity index (χ0v) is 55.2. The molecule has 17 atom stereocenters. The van der Waals surface area contributed by atoms with Crippen molar-refractivity contribution in [3.05, 3.63) is 36.5 Å². The van der Waals surface area contributed by atoms with E-state index in [4.69, 9.17) is 28.4 Å². The van der Waals surface area contributed by atoms with E-state index in [0.717, 1.165) is 64.2 Å². The third kappa shape index (κ3) is 34.3. The van der Waals surface area contributed by atoms with Crippen LogP contribution in [0.2, 0.25) is 0 Å². The van der Waals surface area contributed by atoms with Crippen LogP contribution in [-0.4, -0.2) is 193 Å². The Labute approximate surface area is 536 Å². The summed E-state index contributed by atoms with van der Waals surface area (Å²) in [4.78, 5) is 13.3. The molecule has 3 aliphatic rings. The summed E-state index contributed by atoms with van der Waals surface area (Å²) in [5.74, 6) is -0.276. The lowest BCUT2D eigenvalue weighted by Crippen LogP contribution is -2.66. The van der Waals surface area contributed by atoms with Crippen molar-refractivity contribution in [3.8, 4) is 0 Å². The second-order valence-corrected chi connectivity index (χ2v) is 25.7. The molecule has 0 saturated carbocycles. The molecule has 89 heavy (non-hydrogen) atoms. The van der Waals surface area contributed by atoms with E-state index in [2.05, 4.69) is 43.5 Å². The fourth-order valence-electron chi connectivity index (χ4n) is 12.1. The van der Waals surface area contributed by atoms with Gasteiger partial charge in [0.2, 0.25) is 5.91 Å². The predicted octanol–water partition coefficient (Wildman–Crippen LogP) is 9.61. The highest BCUT2D eigenvalue weighted by molar-refractivity contribution is 5.76. The van der Waals surface area contributed by atoms with E-state index in [0.29, 0.717) is 6.42 Å². The summed E-state index contributed by atoms with van der Waals surface area (Å²) in [6.45, 7) is 1.66. The Hall–Kier alpha value is -1.99. The van der Waals surface area contributed by atoms with Gasteiger partial charge in [-0.15, -0.1) is 0 Å². The van der Waals surface area contributed by atoms with E-state index in [1.807, 2.05) is 6.08 Å². The van der Waals surface area contributed by atoms with E-state index in [9.17, 15) is 61.0 Å². The Morgan fingerprint density at radius 3 is 1.15 bits per heavy atom. The number of carbonyl (C=O) groups excluding carboxylic acids is 1. The second kappa shape index (κ2) is 52.3. The summed E-state index contributed by atoms with van der Waals surface area (Å²) in [6, 6.07) is -0.968. The molecule has 1 amide bonds. The number of aliphatic hydroxyl groups is 11. The molecular weight excluding hydrogens is 1140 g/mol. The summed E-state index contributed by atoms with van der Waals surface area (Å²) in [5.41, 5.74) is 0. The van der Waals surface area contributed by atoms with Gasteiger partial charge in [-0.2, -0.15) is 0 Å². The molecular formula is C70H129NO18. The van der Waals surface area contributed by atoms with Crippen molar-refractivity contribution in [2.45, 2.75) is 375 Å². The Bertz CT molecular complexity index is 1760. The molecule has 3 heterocycles. The highest BCUT2D eigenvalue weighted by Gasteiger charge is 2.53. The van der Waals surface area contributed by atoms with Crippen molar-refractivity contribution in [1.82, 2.24) is 5.32 Å². The van der Waals surface area contributed by atoms with Gasteiger partial charge in [0.25, 0.3) is 0 Å². The van der Waals surface area contributed by atoms with Crippen LogP contribution in [0.25, 0.3) is 0 Å². The smallest absolute Gasteiger partial charge is 0.220 e. The topological polar surface area (TPSA) is 307 Å². The molecule has 0 bridgehead atoms. The minimum absolute atomic E-state index is 0.246. The van der Waals surface area contributed by atoms with E-state index in [1.165, 1.54) is 180 Å². The lowest BCUT2D eigenvalue weighted by atomic mass is 9.96. The van der Waals surface area contributed by atoms with Gasteiger partial charge in [0.15, 0.2) is 18.9 Å². The van der Waals surface area contributed by atoms with Gasteiger partial charge in [0.05, 0.1) is 38.6 Å². The quantitative estimate of drug-likeness (QED) is 0.0199. The van der Waals surface area contributed by atoms with Crippen LogP contribution in [-0.2, 0) is 33.2 Å². The first-order valence-corrected chi connectivity index (χ1v) is 35.7. The fourth-order valence-corrected chi connectivity index (χ4v) is 12.1. The largest absolute Gasteiger partial charge is 0.394 e. The molecule has 19 heteroatoms. The Morgan fingerprint density at radius 1 is 0.404 bits per heavy atom. The first-order chi connectivity index (χ1) is 43.3. The van der Waals surface area contributed by atoms with Gasteiger partial charge in [-0.05, 0) is 51.4 Å². The van der Waals surface area contributed by atoms with Gasteiger partial charge in [-0.1, -0.05) is 249 Å². The summed E-state index contributed by atoms with van der Waals surface area (Å²) in [7, 11) is 0. The summed E-state index contributed by atoms with van der Waals surface area (Å²) in [5, 5.41) is 120. The van der Waals surface area contributed by atoms with E-state index < -0.39 is 124 Å². The lowest BCUT2D eigenvalue weighted by molar-refractivity contribution is -0.379. The average Bonchev–Trinajstić information content (AvgIpc) is 2.14. The van der Waals surface area contributed by atoms with Crippen LogP contribution in [0.15, 0.2) is 36.5 Å². The lowest BCUT2D eigenvalue weighted by Gasteiger charge is -2.48. The molecule has 0 aromatic rings.